The lowest BCUT2D eigenvalue weighted by molar-refractivity contribution is -0.122. The lowest BCUT2D eigenvalue weighted by Gasteiger charge is -2.19. The molecule has 1 unspecified atom stereocenters. The Hall–Kier alpha value is -1.80. The number of carbonyl (C=O) groups is 2. The van der Waals surface area contributed by atoms with Crippen LogP contribution in [0.5, 0.6) is 0 Å². The van der Waals surface area contributed by atoms with Gasteiger partial charge in [-0.2, -0.15) is 5.26 Å². The lowest BCUT2D eigenvalue weighted by atomic mass is 9.86. The summed E-state index contributed by atoms with van der Waals surface area (Å²) in [5, 5.41) is 11.4. The van der Waals surface area contributed by atoms with Gasteiger partial charge in [-0.3, -0.25) is 9.59 Å². The van der Waals surface area contributed by atoms with Crippen LogP contribution >= 0.6 is 12.6 Å². The first-order valence-corrected chi connectivity index (χ1v) is 5.92. The smallest absolute Gasteiger partial charge is 0.244 e. The minimum absolute atomic E-state index is 0.0926. The quantitative estimate of drug-likeness (QED) is 0.800. The summed E-state index contributed by atoms with van der Waals surface area (Å²) < 4.78 is 0. The van der Waals surface area contributed by atoms with Crippen LogP contribution in [-0.4, -0.2) is 11.0 Å². The summed E-state index contributed by atoms with van der Waals surface area (Å²) >= 11 is 3.64. The van der Waals surface area contributed by atoms with Crippen molar-refractivity contribution in [2.45, 2.75) is 19.8 Å². The Morgan fingerprint density at radius 3 is 2.50 bits per heavy atom. The number of thiol groups is 1. The highest BCUT2D eigenvalue weighted by molar-refractivity contribution is 7.96. The molecule has 0 bridgehead atoms. The summed E-state index contributed by atoms with van der Waals surface area (Å²) in [5.41, 5.74) is -0.602. The van der Waals surface area contributed by atoms with Gasteiger partial charge < -0.3 is 5.32 Å². The SMILES string of the molecule is CC(C#N)(CCC(=O)S)C(=O)Nc1ccccc1. The lowest BCUT2D eigenvalue weighted by Crippen LogP contribution is -2.32. The zero-order valence-electron chi connectivity index (χ0n) is 10.0. The number of hydrogen-bond acceptors (Lipinski definition) is 3. The predicted octanol–water partition coefficient (Wildman–Crippen LogP) is 2.39. The molecule has 4 nitrogen and oxygen atoms in total. The fourth-order valence-corrected chi connectivity index (χ4v) is 1.48. The maximum Gasteiger partial charge on any atom is 0.244 e. The van der Waals surface area contributed by atoms with Crippen LogP contribution in [0.15, 0.2) is 30.3 Å². The van der Waals surface area contributed by atoms with Crippen LogP contribution in [-0.2, 0) is 9.59 Å². The van der Waals surface area contributed by atoms with Crippen LogP contribution in [0.3, 0.4) is 0 Å². The highest BCUT2D eigenvalue weighted by Gasteiger charge is 2.33. The van der Waals surface area contributed by atoms with Crippen molar-refractivity contribution in [2.75, 3.05) is 5.32 Å². The van der Waals surface area contributed by atoms with E-state index in [1.807, 2.05) is 12.1 Å². The molecule has 0 spiro atoms. The van der Waals surface area contributed by atoms with Crippen molar-refractivity contribution in [3.63, 3.8) is 0 Å². The standard InChI is InChI=1S/C13H14N2O2S/c1-13(9-14,8-7-11(16)18)12(17)15-10-5-3-2-4-6-10/h2-6H,7-8H2,1H3,(H,15,17)(H,16,18). The number of anilines is 1. The summed E-state index contributed by atoms with van der Waals surface area (Å²) in [6.45, 7) is 1.52. The van der Waals surface area contributed by atoms with Gasteiger partial charge in [0, 0.05) is 12.1 Å². The normalized spacial score (nSPS) is 13.2. The van der Waals surface area contributed by atoms with Crippen LogP contribution in [0.25, 0.3) is 0 Å². The zero-order valence-corrected chi connectivity index (χ0v) is 10.9. The molecule has 0 saturated carbocycles. The van der Waals surface area contributed by atoms with Crippen LogP contribution in [0.1, 0.15) is 19.8 Å². The van der Waals surface area contributed by atoms with E-state index in [1.54, 1.807) is 24.3 Å². The van der Waals surface area contributed by atoms with Crippen molar-refractivity contribution in [1.29, 1.82) is 5.26 Å². The third-order valence-corrected chi connectivity index (χ3v) is 2.84. The minimum Gasteiger partial charge on any atom is -0.325 e. The van der Waals surface area contributed by atoms with E-state index in [-0.39, 0.29) is 18.0 Å². The van der Waals surface area contributed by atoms with E-state index in [0.717, 1.165) is 0 Å². The summed E-state index contributed by atoms with van der Waals surface area (Å²) in [6, 6.07) is 10.8. The summed E-state index contributed by atoms with van der Waals surface area (Å²) in [6.07, 6.45) is 0.250. The second-order valence-electron chi connectivity index (χ2n) is 4.16. The van der Waals surface area contributed by atoms with Crippen LogP contribution in [0.2, 0.25) is 0 Å². The van der Waals surface area contributed by atoms with E-state index in [9.17, 15) is 9.59 Å². The number of para-hydroxylation sites is 1. The van der Waals surface area contributed by atoms with E-state index in [4.69, 9.17) is 5.26 Å². The highest BCUT2D eigenvalue weighted by Crippen LogP contribution is 2.25. The fourth-order valence-electron chi connectivity index (χ4n) is 1.37. The van der Waals surface area contributed by atoms with Crippen LogP contribution in [0, 0.1) is 16.7 Å². The number of rotatable bonds is 5. The number of hydrogen-bond donors (Lipinski definition) is 2. The number of carbonyl (C=O) groups excluding carboxylic acids is 2. The molecule has 0 radical (unpaired) electrons. The van der Waals surface area contributed by atoms with Crippen LogP contribution in [0.4, 0.5) is 5.69 Å². The number of nitrogens with zero attached hydrogens (tertiary/aromatic N) is 1. The molecule has 0 fully saturated rings. The number of nitrogens with one attached hydrogen (secondary N) is 1. The first-order valence-electron chi connectivity index (χ1n) is 5.47. The molecule has 0 heterocycles. The summed E-state index contributed by atoms with van der Waals surface area (Å²) in [7, 11) is 0. The van der Waals surface area contributed by atoms with E-state index in [0.29, 0.717) is 5.69 Å². The van der Waals surface area contributed by atoms with Crippen molar-refractivity contribution in [2.24, 2.45) is 5.41 Å². The molecule has 0 aliphatic rings. The van der Waals surface area contributed by atoms with Crippen molar-refractivity contribution >= 4 is 29.3 Å². The minimum atomic E-state index is -1.23. The maximum atomic E-state index is 12.0. The Morgan fingerprint density at radius 1 is 1.39 bits per heavy atom. The molecule has 1 amide bonds. The molecular formula is C13H14N2O2S. The largest absolute Gasteiger partial charge is 0.325 e. The highest BCUT2D eigenvalue weighted by atomic mass is 32.1. The van der Waals surface area contributed by atoms with E-state index in [1.165, 1.54) is 6.92 Å². The van der Waals surface area contributed by atoms with Gasteiger partial charge in [0.25, 0.3) is 0 Å². The Kier molecular flexibility index (Phi) is 4.93. The molecule has 1 rings (SSSR count). The molecule has 5 heteroatoms. The van der Waals surface area contributed by atoms with Gasteiger partial charge in [-0.25, -0.2) is 0 Å². The average Bonchev–Trinajstić information content (AvgIpc) is 2.37. The Morgan fingerprint density at radius 2 is 2.00 bits per heavy atom. The van der Waals surface area contributed by atoms with Gasteiger partial charge in [-0.05, 0) is 25.5 Å². The Labute approximate surface area is 111 Å². The van der Waals surface area contributed by atoms with Crippen molar-refractivity contribution in [1.82, 2.24) is 0 Å². The third kappa shape index (κ3) is 3.90. The topological polar surface area (TPSA) is 70.0 Å². The predicted molar refractivity (Wildman–Crippen MR) is 72.0 cm³/mol. The van der Waals surface area contributed by atoms with Gasteiger partial charge >= 0.3 is 0 Å². The molecule has 94 valence electrons. The molecule has 0 saturated heterocycles. The van der Waals surface area contributed by atoms with Gasteiger partial charge in [0.2, 0.25) is 5.91 Å². The van der Waals surface area contributed by atoms with Gasteiger partial charge in [-0.15, -0.1) is 12.6 Å². The van der Waals surface area contributed by atoms with Crippen molar-refractivity contribution in [3.8, 4) is 6.07 Å². The van der Waals surface area contributed by atoms with Gasteiger partial charge in [-0.1, -0.05) is 18.2 Å². The molecule has 1 N–H and O–H groups in total. The van der Waals surface area contributed by atoms with E-state index >= 15 is 0 Å². The first kappa shape index (κ1) is 14.3. The monoisotopic (exact) mass is 262 g/mol. The molecule has 18 heavy (non-hydrogen) atoms. The second kappa shape index (κ2) is 6.22. The number of benzene rings is 1. The maximum absolute atomic E-state index is 12.0. The molecule has 0 aromatic heterocycles. The van der Waals surface area contributed by atoms with E-state index < -0.39 is 11.3 Å². The zero-order chi connectivity index (χ0) is 13.6. The fraction of sp³-hybridized carbons (Fsp3) is 0.308. The first-order chi connectivity index (χ1) is 8.48. The number of nitriles is 1. The molecule has 0 aliphatic carbocycles. The molecular weight excluding hydrogens is 248 g/mol. The summed E-state index contributed by atoms with van der Waals surface area (Å²) in [5.74, 6) is -0.411. The number of amides is 1. The van der Waals surface area contributed by atoms with Gasteiger partial charge in [0.05, 0.1) is 6.07 Å². The average molecular weight is 262 g/mol. The molecule has 1 aromatic rings. The van der Waals surface area contributed by atoms with E-state index in [2.05, 4.69) is 17.9 Å². The molecule has 1 atom stereocenters. The Bertz CT molecular complexity index is 482. The Balaban J connectivity index is 2.74. The second-order valence-corrected chi connectivity index (χ2v) is 4.66. The molecule has 0 aliphatic heterocycles. The van der Waals surface area contributed by atoms with Crippen molar-refractivity contribution in [3.05, 3.63) is 30.3 Å². The summed E-state index contributed by atoms with van der Waals surface area (Å²) in [4.78, 5) is 22.8. The van der Waals surface area contributed by atoms with Gasteiger partial charge in [0.15, 0.2) is 5.12 Å². The van der Waals surface area contributed by atoms with Gasteiger partial charge in [0.1, 0.15) is 5.41 Å². The third-order valence-electron chi connectivity index (χ3n) is 2.62. The van der Waals surface area contributed by atoms with Crippen molar-refractivity contribution < 1.29 is 9.59 Å². The van der Waals surface area contributed by atoms with Crippen LogP contribution < -0.4 is 5.32 Å². The molecule has 1 aromatic carbocycles.